The van der Waals surface area contributed by atoms with Gasteiger partial charge in [-0.1, -0.05) is 13.8 Å². The van der Waals surface area contributed by atoms with Gasteiger partial charge in [0.1, 0.15) is 0 Å². The van der Waals surface area contributed by atoms with Gasteiger partial charge in [-0.3, -0.25) is 9.78 Å². The van der Waals surface area contributed by atoms with E-state index in [1.807, 2.05) is 0 Å². The summed E-state index contributed by atoms with van der Waals surface area (Å²) in [6.07, 6.45) is 7.37. The number of fused-ring (bicyclic) bond motifs is 1. The van der Waals surface area contributed by atoms with Crippen molar-refractivity contribution in [1.29, 1.82) is 0 Å². The van der Waals surface area contributed by atoms with Crippen molar-refractivity contribution in [3.8, 4) is 0 Å². The van der Waals surface area contributed by atoms with Crippen LogP contribution in [0, 0.1) is 5.41 Å². The van der Waals surface area contributed by atoms with Crippen molar-refractivity contribution in [3.63, 3.8) is 0 Å². The van der Waals surface area contributed by atoms with Crippen LogP contribution >= 0.6 is 0 Å². The second kappa shape index (κ2) is 4.03. The first-order valence-electron chi connectivity index (χ1n) is 6.34. The number of aromatic nitrogens is 3. The predicted octanol–water partition coefficient (Wildman–Crippen LogP) is 0.585. The molecule has 19 heavy (non-hydrogen) atoms. The van der Waals surface area contributed by atoms with Gasteiger partial charge in [0.15, 0.2) is 0 Å². The second-order valence-electron chi connectivity index (χ2n) is 5.65. The minimum atomic E-state index is -0.118. The lowest BCUT2D eigenvalue weighted by atomic mass is 9.63. The van der Waals surface area contributed by atoms with E-state index in [0.717, 1.165) is 6.42 Å². The summed E-state index contributed by atoms with van der Waals surface area (Å²) in [6, 6.07) is 0.255. The summed E-state index contributed by atoms with van der Waals surface area (Å²) in [5.74, 6) is -0.118. The van der Waals surface area contributed by atoms with Crippen molar-refractivity contribution in [1.82, 2.24) is 19.9 Å². The molecule has 2 atom stereocenters. The Morgan fingerprint density at radius 1 is 1.53 bits per heavy atom. The minimum absolute atomic E-state index is 0.0587. The van der Waals surface area contributed by atoms with Gasteiger partial charge in [-0.25, -0.2) is 4.52 Å². The van der Waals surface area contributed by atoms with Crippen LogP contribution in [0.5, 0.6) is 0 Å². The Kier molecular flexibility index (Phi) is 2.56. The van der Waals surface area contributed by atoms with Crippen LogP contribution in [-0.4, -0.2) is 32.6 Å². The quantitative estimate of drug-likeness (QED) is 0.826. The number of rotatable bonds is 2. The first kappa shape index (κ1) is 12.1. The van der Waals surface area contributed by atoms with Gasteiger partial charge in [0.25, 0.3) is 5.91 Å². The van der Waals surface area contributed by atoms with E-state index in [-0.39, 0.29) is 23.4 Å². The largest absolute Gasteiger partial charge is 0.349 e. The Hall–Kier alpha value is -1.95. The molecule has 1 fully saturated rings. The molecular formula is C13H17N5O. The molecule has 100 valence electrons. The Balaban J connectivity index is 1.82. The maximum atomic E-state index is 12.3. The van der Waals surface area contributed by atoms with Crippen LogP contribution in [0.15, 0.2) is 24.8 Å². The monoisotopic (exact) mass is 259 g/mol. The van der Waals surface area contributed by atoms with Crippen molar-refractivity contribution in [2.45, 2.75) is 32.4 Å². The topological polar surface area (TPSA) is 85.3 Å². The van der Waals surface area contributed by atoms with Crippen LogP contribution in [-0.2, 0) is 0 Å². The lowest BCUT2D eigenvalue weighted by Gasteiger charge is -2.50. The van der Waals surface area contributed by atoms with E-state index in [1.165, 1.54) is 0 Å². The lowest BCUT2D eigenvalue weighted by molar-refractivity contribution is 0.0587. The summed E-state index contributed by atoms with van der Waals surface area (Å²) in [7, 11) is 0. The van der Waals surface area contributed by atoms with E-state index >= 15 is 0 Å². The highest BCUT2D eigenvalue weighted by molar-refractivity contribution is 6.00. The number of carbonyl (C=O) groups excluding carboxylic acids is 1. The Labute approximate surface area is 111 Å². The summed E-state index contributed by atoms with van der Waals surface area (Å²) < 4.78 is 1.64. The summed E-state index contributed by atoms with van der Waals surface area (Å²) in [5.41, 5.74) is 7.15. The number of nitrogens with two attached hydrogens (primary N) is 1. The van der Waals surface area contributed by atoms with Gasteiger partial charge in [0.2, 0.25) is 0 Å². The van der Waals surface area contributed by atoms with Crippen LogP contribution in [0.3, 0.4) is 0 Å². The molecule has 2 unspecified atom stereocenters. The predicted molar refractivity (Wildman–Crippen MR) is 70.6 cm³/mol. The van der Waals surface area contributed by atoms with E-state index in [1.54, 1.807) is 29.3 Å². The molecule has 2 aromatic rings. The molecular weight excluding hydrogens is 242 g/mol. The maximum Gasteiger partial charge on any atom is 0.255 e. The van der Waals surface area contributed by atoms with Crippen molar-refractivity contribution in [3.05, 3.63) is 30.4 Å². The summed E-state index contributed by atoms with van der Waals surface area (Å²) in [4.78, 5) is 16.3. The summed E-state index contributed by atoms with van der Waals surface area (Å²) >= 11 is 0. The molecule has 0 spiro atoms. The Morgan fingerprint density at radius 2 is 2.32 bits per heavy atom. The van der Waals surface area contributed by atoms with Gasteiger partial charge in [-0.15, -0.1) is 0 Å². The third kappa shape index (κ3) is 1.79. The van der Waals surface area contributed by atoms with Gasteiger partial charge in [0, 0.05) is 29.9 Å². The average molecular weight is 259 g/mol. The zero-order valence-corrected chi connectivity index (χ0v) is 11.0. The van der Waals surface area contributed by atoms with Crippen LogP contribution in [0.2, 0.25) is 0 Å². The number of hydrogen-bond donors (Lipinski definition) is 2. The number of nitrogens with one attached hydrogen (secondary N) is 1. The number of hydrogen-bond acceptors (Lipinski definition) is 4. The van der Waals surface area contributed by atoms with Crippen molar-refractivity contribution < 1.29 is 4.79 Å². The Morgan fingerprint density at radius 3 is 3.00 bits per heavy atom. The molecule has 6 heteroatoms. The van der Waals surface area contributed by atoms with E-state index in [4.69, 9.17) is 5.73 Å². The standard InChI is InChI=1S/C13H17N5O/c1-13(2)10(14)5-11(13)17-12(19)8-6-16-18-4-3-15-7-9(8)18/h3-4,6-7,10-11H,5,14H2,1-2H3,(H,17,19). The number of carbonyl (C=O) groups is 1. The molecule has 1 aliphatic rings. The molecule has 3 rings (SSSR count). The van der Waals surface area contributed by atoms with Crippen molar-refractivity contribution >= 4 is 11.4 Å². The zero-order chi connectivity index (χ0) is 13.6. The Bertz CT molecular complexity index is 633. The highest BCUT2D eigenvalue weighted by Gasteiger charge is 2.46. The van der Waals surface area contributed by atoms with E-state index in [0.29, 0.717) is 11.1 Å². The van der Waals surface area contributed by atoms with E-state index in [9.17, 15) is 4.79 Å². The maximum absolute atomic E-state index is 12.3. The molecule has 1 saturated carbocycles. The average Bonchev–Trinajstić information content (AvgIpc) is 2.82. The number of nitrogens with zero attached hydrogens (tertiary/aromatic N) is 3. The highest BCUT2D eigenvalue weighted by atomic mass is 16.1. The van der Waals surface area contributed by atoms with Gasteiger partial charge in [0.05, 0.1) is 23.5 Å². The van der Waals surface area contributed by atoms with Gasteiger partial charge in [-0.2, -0.15) is 5.10 Å². The van der Waals surface area contributed by atoms with Crippen molar-refractivity contribution in [2.75, 3.05) is 0 Å². The van der Waals surface area contributed by atoms with Crippen LogP contribution in [0.25, 0.3) is 5.52 Å². The third-order valence-corrected chi connectivity index (χ3v) is 4.22. The van der Waals surface area contributed by atoms with Crippen LogP contribution < -0.4 is 11.1 Å². The molecule has 0 bridgehead atoms. The SMILES string of the molecule is CC1(C)C(N)CC1NC(=O)c1cnn2ccncc12. The molecule has 1 amide bonds. The molecule has 1 aliphatic carbocycles. The lowest BCUT2D eigenvalue weighted by Crippen LogP contribution is -2.64. The molecule has 0 aliphatic heterocycles. The minimum Gasteiger partial charge on any atom is -0.349 e. The van der Waals surface area contributed by atoms with Crippen LogP contribution in [0.1, 0.15) is 30.6 Å². The molecule has 3 N–H and O–H groups in total. The molecule has 2 heterocycles. The molecule has 0 saturated heterocycles. The van der Waals surface area contributed by atoms with Crippen molar-refractivity contribution in [2.24, 2.45) is 11.1 Å². The summed E-state index contributed by atoms with van der Waals surface area (Å²) in [6.45, 7) is 4.15. The fourth-order valence-electron chi connectivity index (χ4n) is 2.45. The van der Waals surface area contributed by atoms with E-state index in [2.05, 4.69) is 29.2 Å². The smallest absolute Gasteiger partial charge is 0.255 e. The third-order valence-electron chi connectivity index (χ3n) is 4.22. The highest BCUT2D eigenvalue weighted by Crippen LogP contribution is 2.39. The summed E-state index contributed by atoms with van der Waals surface area (Å²) in [5, 5.41) is 7.16. The number of amides is 1. The first-order chi connectivity index (χ1) is 9.00. The van der Waals surface area contributed by atoms with Crippen LogP contribution in [0.4, 0.5) is 0 Å². The fourth-order valence-corrected chi connectivity index (χ4v) is 2.45. The van der Waals surface area contributed by atoms with Gasteiger partial charge in [-0.05, 0) is 6.42 Å². The fraction of sp³-hybridized carbons (Fsp3) is 0.462. The van der Waals surface area contributed by atoms with Gasteiger partial charge < -0.3 is 11.1 Å². The second-order valence-corrected chi connectivity index (χ2v) is 5.65. The zero-order valence-electron chi connectivity index (χ0n) is 11.0. The molecule has 6 nitrogen and oxygen atoms in total. The molecule has 0 radical (unpaired) electrons. The molecule has 2 aromatic heterocycles. The van der Waals surface area contributed by atoms with E-state index < -0.39 is 0 Å². The first-order valence-corrected chi connectivity index (χ1v) is 6.34. The van der Waals surface area contributed by atoms with Gasteiger partial charge >= 0.3 is 0 Å². The molecule has 0 aromatic carbocycles. The normalized spacial score (nSPS) is 25.0.